The monoisotopic (exact) mass is 294 g/mol. The molecule has 2 aromatic rings. The molecule has 0 saturated carbocycles. The largest absolute Gasteiger partial charge is 0.299 e. The minimum Gasteiger partial charge on any atom is -0.278 e. The highest BCUT2D eigenvalue weighted by Gasteiger charge is 2.10. The van der Waals surface area contributed by atoms with Gasteiger partial charge in [0.1, 0.15) is 0 Å². The van der Waals surface area contributed by atoms with Crippen LogP contribution < -0.4 is 9.44 Å². The molecule has 108 valence electrons. The van der Waals surface area contributed by atoms with Crippen LogP contribution in [0.25, 0.3) is 11.3 Å². The van der Waals surface area contributed by atoms with Crippen LogP contribution in [0, 0.1) is 5.92 Å². The average molecular weight is 294 g/mol. The van der Waals surface area contributed by atoms with Gasteiger partial charge in [-0.1, -0.05) is 26.0 Å². The maximum absolute atomic E-state index is 11.9. The second kappa shape index (κ2) is 6.06. The first-order valence-electron chi connectivity index (χ1n) is 6.33. The van der Waals surface area contributed by atoms with Gasteiger partial charge in [-0.3, -0.25) is 9.82 Å². The molecule has 1 aromatic carbocycles. The van der Waals surface area contributed by atoms with Crippen molar-refractivity contribution in [3.8, 4) is 11.3 Å². The fourth-order valence-corrected chi connectivity index (χ4v) is 2.70. The number of benzene rings is 1. The summed E-state index contributed by atoms with van der Waals surface area (Å²) >= 11 is 0. The Morgan fingerprint density at radius 2 is 2.10 bits per heavy atom. The summed E-state index contributed by atoms with van der Waals surface area (Å²) in [5.41, 5.74) is 2.21. The number of aromatic nitrogens is 2. The lowest BCUT2D eigenvalue weighted by Crippen LogP contribution is -2.32. The van der Waals surface area contributed by atoms with Crippen LogP contribution in [-0.4, -0.2) is 25.2 Å². The van der Waals surface area contributed by atoms with Gasteiger partial charge in [-0.05, 0) is 24.1 Å². The molecule has 0 aliphatic rings. The third kappa shape index (κ3) is 4.07. The van der Waals surface area contributed by atoms with E-state index >= 15 is 0 Å². The first-order valence-corrected chi connectivity index (χ1v) is 7.82. The highest BCUT2D eigenvalue weighted by molar-refractivity contribution is 7.90. The third-order valence-electron chi connectivity index (χ3n) is 2.61. The molecule has 0 radical (unpaired) electrons. The molecule has 6 nitrogen and oxygen atoms in total. The van der Waals surface area contributed by atoms with E-state index in [2.05, 4.69) is 19.6 Å². The lowest BCUT2D eigenvalue weighted by Gasteiger charge is -2.11. The van der Waals surface area contributed by atoms with Gasteiger partial charge in [0.25, 0.3) is 10.2 Å². The van der Waals surface area contributed by atoms with Gasteiger partial charge in [0.2, 0.25) is 0 Å². The van der Waals surface area contributed by atoms with Crippen LogP contribution in [0.2, 0.25) is 0 Å². The van der Waals surface area contributed by atoms with Gasteiger partial charge in [-0.25, -0.2) is 0 Å². The zero-order valence-electron chi connectivity index (χ0n) is 11.4. The van der Waals surface area contributed by atoms with Crippen molar-refractivity contribution in [2.75, 3.05) is 11.3 Å². The second-order valence-corrected chi connectivity index (χ2v) is 6.40. The fourth-order valence-electron chi connectivity index (χ4n) is 1.63. The molecule has 0 atom stereocenters. The molecule has 0 bridgehead atoms. The van der Waals surface area contributed by atoms with Crippen LogP contribution in [0.4, 0.5) is 5.69 Å². The number of nitrogens with zero attached hydrogens (tertiary/aromatic N) is 1. The minimum absolute atomic E-state index is 0.253. The summed E-state index contributed by atoms with van der Waals surface area (Å²) in [6.07, 6.45) is 1.65. The van der Waals surface area contributed by atoms with E-state index in [1.807, 2.05) is 26.0 Å². The van der Waals surface area contributed by atoms with Crippen molar-refractivity contribution in [1.29, 1.82) is 0 Å². The molecule has 7 heteroatoms. The van der Waals surface area contributed by atoms with Crippen LogP contribution >= 0.6 is 0 Å². The molecule has 2 rings (SSSR count). The van der Waals surface area contributed by atoms with E-state index < -0.39 is 10.2 Å². The van der Waals surface area contributed by atoms with E-state index in [0.717, 1.165) is 11.3 Å². The SMILES string of the molecule is CC(C)CNS(=O)(=O)Nc1cccc(-c2ccn[nH]2)c1. The molecule has 0 amide bonds. The van der Waals surface area contributed by atoms with Crippen molar-refractivity contribution in [2.24, 2.45) is 5.92 Å². The van der Waals surface area contributed by atoms with Crippen LogP contribution in [-0.2, 0) is 10.2 Å². The molecule has 0 fully saturated rings. The highest BCUT2D eigenvalue weighted by Crippen LogP contribution is 2.20. The van der Waals surface area contributed by atoms with E-state index in [1.54, 1.807) is 24.4 Å². The summed E-state index contributed by atoms with van der Waals surface area (Å²) in [4.78, 5) is 0. The third-order valence-corrected chi connectivity index (χ3v) is 3.66. The Labute approximate surface area is 118 Å². The van der Waals surface area contributed by atoms with Gasteiger partial charge in [-0.15, -0.1) is 0 Å². The van der Waals surface area contributed by atoms with Gasteiger partial charge in [-0.2, -0.15) is 18.2 Å². The maximum Gasteiger partial charge on any atom is 0.299 e. The standard InChI is InChI=1S/C13H18N4O2S/c1-10(2)9-15-20(18,19)17-12-5-3-4-11(8-12)13-6-7-14-16-13/h3-8,10,15,17H,9H2,1-2H3,(H,14,16). The molecule has 20 heavy (non-hydrogen) atoms. The molecular formula is C13H18N4O2S. The summed E-state index contributed by atoms with van der Waals surface area (Å²) in [7, 11) is -3.54. The normalized spacial score (nSPS) is 11.8. The van der Waals surface area contributed by atoms with Gasteiger partial charge in [0.15, 0.2) is 0 Å². The molecule has 1 aromatic heterocycles. The van der Waals surface area contributed by atoms with Crippen LogP contribution in [0.15, 0.2) is 36.5 Å². The molecule has 0 saturated heterocycles. The number of hydrogen-bond donors (Lipinski definition) is 3. The van der Waals surface area contributed by atoms with Crippen molar-refractivity contribution in [3.05, 3.63) is 36.5 Å². The molecule has 3 N–H and O–H groups in total. The predicted molar refractivity (Wildman–Crippen MR) is 79.4 cm³/mol. The fraction of sp³-hybridized carbons (Fsp3) is 0.308. The molecule has 1 heterocycles. The quantitative estimate of drug-likeness (QED) is 0.761. The van der Waals surface area contributed by atoms with Gasteiger partial charge < -0.3 is 0 Å². The summed E-state index contributed by atoms with van der Waals surface area (Å²) in [5.74, 6) is 0.253. The van der Waals surface area contributed by atoms with E-state index in [-0.39, 0.29) is 5.92 Å². The zero-order chi connectivity index (χ0) is 14.6. The van der Waals surface area contributed by atoms with Crippen molar-refractivity contribution in [3.63, 3.8) is 0 Å². The average Bonchev–Trinajstić information content (AvgIpc) is 2.90. The van der Waals surface area contributed by atoms with Crippen molar-refractivity contribution in [1.82, 2.24) is 14.9 Å². The number of H-pyrrole nitrogens is 1. The Morgan fingerprint density at radius 3 is 2.75 bits per heavy atom. The number of anilines is 1. The van der Waals surface area contributed by atoms with Crippen LogP contribution in [0.1, 0.15) is 13.8 Å². The Hall–Kier alpha value is -1.86. The topological polar surface area (TPSA) is 86.9 Å². The Bertz CT molecular complexity index is 651. The first-order chi connectivity index (χ1) is 9.46. The molecule has 0 unspecified atom stereocenters. The van der Waals surface area contributed by atoms with Crippen LogP contribution in [0.5, 0.6) is 0 Å². The number of nitrogens with one attached hydrogen (secondary N) is 3. The van der Waals surface area contributed by atoms with Gasteiger partial charge in [0.05, 0.1) is 11.4 Å². The second-order valence-electron chi connectivity index (χ2n) is 4.90. The lowest BCUT2D eigenvalue weighted by atomic mass is 10.1. The minimum atomic E-state index is -3.54. The maximum atomic E-state index is 11.9. The smallest absolute Gasteiger partial charge is 0.278 e. The first kappa shape index (κ1) is 14.5. The number of rotatable bonds is 6. The Balaban J connectivity index is 2.12. The summed E-state index contributed by atoms with van der Waals surface area (Å²) in [5, 5.41) is 6.72. The number of aromatic amines is 1. The number of hydrogen-bond acceptors (Lipinski definition) is 3. The van der Waals surface area contributed by atoms with E-state index in [9.17, 15) is 8.42 Å². The zero-order valence-corrected chi connectivity index (χ0v) is 12.2. The molecular weight excluding hydrogens is 276 g/mol. The summed E-state index contributed by atoms with van der Waals surface area (Å²) in [6, 6.07) is 8.95. The van der Waals surface area contributed by atoms with Crippen molar-refractivity contribution in [2.45, 2.75) is 13.8 Å². The lowest BCUT2D eigenvalue weighted by molar-refractivity contribution is 0.565. The van der Waals surface area contributed by atoms with Crippen LogP contribution in [0.3, 0.4) is 0 Å². The van der Waals surface area contributed by atoms with Gasteiger partial charge >= 0.3 is 0 Å². The van der Waals surface area contributed by atoms with Gasteiger partial charge in [0, 0.05) is 18.3 Å². The van der Waals surface area contributed by atoms with Crippen molar-refractivity contribution < 1.29 is 8.42 Å². The molecule has 0 aliphatic carbocycles. The predicted octanol–water partition coefficient (Wildman–Crippen LogP) is 1.98. The van der Waals surface area contributed by atoms with Crippen molar-refractivity contribution >= 4 is 15.9 Å². The van der Waals surface area contributed by atoms with E-state index in [0.29, 0.717) is 12.2 Å². The Morgan fingerprint density at radius 1 is 1.30 bits per heavy atom. The highest BCUT2D eigenvalue weighted by atomic mass is 32.2. The summed E-state index contributed by atoms with van der Waals surface area (Å²) < 4.78 is 28.7. The van der Waals surface area contributed by atoms with E-state index in [1.165, 1.54) is 0 Å². The molecule has 0 aliphatic heterocycles. The Kier molecular flexibility index (Phi) is 4.41. The molecule has 0 spiro atoms. The summed E-state index contributed by atoms with van der Waals surface area (Å²) in [6.45, 7) is 4.29. The van der Waals surface area contributed by atoms with E-state index in [4.69, 9.17) is 0 Å².